The smallest absolute Gasteiger partial charge is 0.110 e. The number of aryl methyl sites for hydroxylation is 1. The minimum absolute atomic E-state index is 0.360. The molecule has 0 amide bonds. The molecule has 1 aliphatic carbocycles. The molecule has 20 heavy (non-hydrogen) atoms. The minimum Gasteiger partial charge on any atom is -0.305 e. The summed E-state index contributed by atoms with van der Waals surface area (Å²) in [5.74, 6) is 0.688. The van der Waals surface area contributed by atoms with Crippen LogP contribution in [0.1, 0.15) is 48.0 Å². The molecule has 1 N–H and O–H groups in total. The topological polar surface area (TPSA) is 24.9 Å². The van der Waals surface area contributed by atoms with Crippen molar-refractivity contribution in [1.82, 2.24) is 10.3 Å². The van der Waals surface area contributed by atoms with Crippen molar-refractivity contribution in [3.05, 3.63) is 50.4 Å². The molecule has 106 valence electrons. The highest BCUT2D eigenvalue weighted by molar-refractivity contribution is 9.10. The van der Waals surface area contributed by atoms with Gasteiger partial charge in [-0.25, -0.2) is 4.98 Å². The van der Waals surface area contributed by atoms with Crippen LogP contribution in [0.25, 0.3) is 0 Å². The Labute approximate surface area is 132 Å². The van der Waals surface area contributed by atoms with Gasteiger partial charge in [-0.15, -0.1) is 11.3 Å². The Morgan fingerprint density at radius 1 is 1.35 bits per heavy atom. The van der Waals surface area contributed by atoms with Crippen molar-refractivity contribution in [3.8, 4) is 0 Å². The van der Waals surface area contributed by atoms with Gasteiger partial charge < -0.3 is 5.32 Å². The number of nitrogens with one attached hydrogen (secondary N) is 1. The Balaban J connectivity index is 1.55. The Kier molecular flexibility index (Phi) is 4.24. The third kappa shape index (κ3) is 2.97. The molecule has 2 aromatic rings. The second-order valence-electron chi connectivity index (χ2n) is 5.60. The van der Waals surface area contributed by atoms with Crippen LogP contribution in [0.15, 0.2) is 34.1 Å². The van der Waals surface area contributed by atoms with Gasteiger partial charge in [-0.1, -0.05) is 34.1 Å². The molecule has 1 aliphatic rings. The SMILES string of the molecule is Cc1csc(C(C)NC2CC(c3ccccc3Br)C2)n1. The highest BCUT2D eigenvalue weighted by Gasteiger charge is 2.32. The zero-order valence-electron chi connectivity index (χ0n) is 11.8. The monoisotopic (exact) mass is 350 g/mol. The second-order valence-corrected chi connectivity index (χ2v) is 7.35. The fourth-order valence-electron chi connectivity index (χ4n) is 2.81. The van der Waals surface area contributed by atoms with Crippen LogP contribution in [0.3, 0.4) is 0 Å². The summed E-state index contributed by atoms with van der Waals surface area (Å²) in [4.78, 5) is 4.56. The largest absolute Gasteiger partial charge is 0.305 e. The van der Waals surface area contributed by atoms with E-state index in [1.807, 2.05) is 0 Å². The van der Waals surface area contributed by atoms with Crippen molar-refractivity contribution in [2.45, 2.75) is 44.7 Å². The van der Waals surface area contributed by atoms with Gasteiger partial charge in [-0.05, 0) is 44.2 Å². The van der Waals surface area contributed by atoms with E-state index in [4.69, 9.17) is 0 Å². The van der Waals surface area contributed by atoms with Gasteiger partial charge in [0.25, 0.3) is 0 Å². The average Bonchev–Trinajstić information content (AvgIpc) is 2.81. The Hall–Kier alpha value is -0.710. The van der Waals surface area contributed by atoms with Gasteiger partial charge >= 0.3 is 0 Å². The molecule has 4 heteroatoms. The van der Waals surface area contributed by atoms with Gasteiger partial charge in [-0.3, -0.25) is 0 Å². The summed E-state index contributed by atoms with van der Waals surface area (Å²) in [6.45, 7) is 4.27. The predicted octanol–water partition coefficient (Wildman–Crippen LogP) is 4.81. The number of hydrogen-bond acceptors (Lipinski definition) is 3. The predicted molar refractivity (Wildman–Crippen MR) is 88.3 cm³/mol. The maximum atomic E-state index is 4.56. The molecule has 1 heterocycles. The molecule has 1 saturated carbocycles. The molecular weight excluding hydrogens is 332 g/mol. The van der Waals surface area contributed by atoms with E-state index in [-0.39, 0.29) is 0 Å². The normalized spacial score (nSPS) is 23.4. The van der Waals surface area contributed by atoms with E-state index >= 15 is 0 Å². The molecule has 0 saturated heterocycles. The summed E-state index contributed by atoms with van der Waals surface area (Å²) in [6, 6.07) is 9.55. The quantitative estimate of drug-likeness (QED) is 0.855. The molecule has 0 spiro atoms. The van der Waals surface area contributed by atoms with Gasteiger partial charge in [0.15, 0.2) is 0 Å². The molecule has 1 aromatic carbocycles. The number of aromatic nitrogens is 1. The molecule has 1 unspecified atom stereocenters. The number of thiazole rings is 1. The molecule has 2 nitrogen and oxygen atoms in total. The lowest BCUT2D eigenvalue weighted by molar-refractivity contribution is 0.270. The lowest BCUT2D eigenvalue weighted by Crippen LogP contribution is -2.41. The van der Waals surface area contributed by atoms with Crippen molar-refractivity contribution in [1.29, 1.82) is 0 Å². The molecule has 3 rings (SSSR count). The Morgan fingerprint density at radius 2 is 2.10 bits per heavy atom. The first-order valence-corrected chi connectivity index (χ1v) is 8.73. The minimum atomic E-state index is 0.360. The van der Waals surface area contributed by atoms with E-state index in [1.165, 1.54) is 27.9 Å². The maximum Gasteiger partial charge on any atom is 0.110 e. The zero-order chi connectivity index (χ0) is 14.1. The maximum absolute atomic E-state index is 4.56. The first kappa shape index (κ1) is 14.2. The molecule has 0 bridgehead atoms. The van der Waals surface area contributed by atoms with E-state index in [2.05, 4.69) is 69.7 Å². The first-order valence-electron chi connectivity index (χ1n) is 7.06. The van der Waals surface area contributed by atoms with E-state index in [9.17, 15) is 0 Å². The van der Waals surface area contributed by atoms with Gasteiger partial charge in [0, 0.05) is 21.6 Å². The number of halogens is 1. The van der Waals surface area contributed by atoms with Gasteiger partial charge in [0.1, 0.15) is 5.01 Å². The van der Waals surface area contributed by atoms with Crippen LogP contribution in [0.2, 0.25) is 0 Å². The van der Waals surface area contributed by atoms with E-state index < -0.39 is 0 Å². The molecule has 1 atom stereocenters. The van der Waals surface area contributed by atoms with Crippen molar-refractivity contribution in [2.24, 2.45) is 0 Å². The summed E-state index contributed by atoms with van der Waals surface area (Å²) in [6.07, 6.45) is 2.44. The van der Waals surface area contributed by atoms with Crippen LogP contribution in [0.5, 0.6) is 0 Å². The molecule has 0 aliphatic heterocycles. The Morgan fingerprint density at radius 3 is 2.75 bits per heavy atom. The van der Waals surface area contributed by atoms with Crippen LogP contribution in [-0.4, -0.2) is 11.0 Å². The third-order valence-electron chi connectivity index (χ3n) is 3.98. The summed E-state index contributed by atoms with van der Waals surface area (Å²) in [5, 5.41) is 7.02. The van der Waals surface area contributed by atoms with Crippen molar-refractivity contribution >= 4 is 27.3 Å². The van der Waals surface area contributed by atoms with E-state index in [0.29, 0.717) is 18.0 Å². The number of nitrogens with zero attached hydrogens (tertiary/aromatic N) is 1. The van der Waals surface area contributed by atoms with E-state index in [1.54, 1.807) is 11.3 Å². The van der Waals surface area contributed by atoms with Crippen molar-refractivity contribution in [3.63, 3.8) is 0 Å². The van der Waals surface area contributed by atoms with Crippen molar-refractivity contribution in [2.75, 3.05) is 0 Å². The summed E-state index contributed by atoms with van der Waals surface area (Å²) in [7, 11) is 0. The molecule has 1 fully saturated rings. The lowest BCUT2D eigenvalue weighted by atomic mass is 9.75. The number of rotatable bonds is 4. The van der Waals surface area contributed by atoms with Crippen LogP contribution in [0.4, 0.5) is 0 Å². The van der Waals surface area contributed by atoms with Gasteiger partial charge in [-0.2, -0.15) is 0 Å². The summed E-state index contributed by atoms with van der Waals surface area (Å²) < 4.78 is 1.24. The van der Waals surface area contributed by atoms with Crippen LogP contribution < -0.4 is 5.32 Å². The van der Waals surface area contributed by atoms with E-state index in [0.717, 1.165) is 5.69 Å². The van der Waals surface area contributed by atoms with Crippen LogP contribution >= 0.6 is 27.3 Å². The first-order chi connectivity index (χ1) is 9.63. The van der Waals surface area contributed by atoms with Gasteiger partial charge in [0.2, 0.25) is 0 Å². The highest BCUT2D eigenvalue weighted by atomic mass is 79.9. The fourth-order valence-corrected chi connectivity index (χ4v) is 4.23. The standard InChI is InChI=1S/C16H19BrN2S/c1-10-9-20-16(18-10)11(2)19-13-7-12(8-13)14-5-3-4-6-15(14)17/h3-6,9,11-13,19H,7-8H2,1-2H3. The fraction of sp³-hybridized carbons (Fsp3) is 0.438. The summed E-state index contributed by atoms with van der Waals surface area (Å²) in [5.41, 5.74) is 2.57. The second kappa shape index (κ2) is 5.96. The Bertz CT molecular complexity index is 590. The van der Waals surface area contributed by atoms with Crippen LogP contribution in [0, 0.1) is 6.92 Å². The van der Waals surface area contributed by atoms with Gasteiger partial charge in [0.05, 0.1) is 6.04 Å². The molecular formula is C16H19BrN2S. The van der Waals surface area contributed by atoms with Crippen molar-refractivity contribution < 1.29 is 0 Å². The lowest BCUT2D eigenvalue weighted by Gasteiger charge is -2.38. The number of benzene rings is 1. The number of hydrogen-bond donors (Lipinski definition) is 1. The zero-order valence-corrected chi connectivity index (χ0v) is 14.2. The molecule has 1 aromatic heterocycles. The van der Waals surface area contributed by atoms with Crippen LogP contribution in [-0.2, 0) is 0 Å². The summed E-state index contributed by atoms with van der Waals surface area (Å²) >= 11 is 5.41. The highest BCUT2D eigenvalue weighted by Crippen LogP contribution is 2.40. The third-order valence-corrected chi connectivity index (χ3v) is 5.84. The molecule has 0 radical (unpaired) electrons. The average molecular weight is 351 g/mol.